The molecule has 1 aromatic rings. The van der Waals surface area contributed by atoms with E-state index in [4.69, 9.17) is 4.74 Å². The van der Waals surface area contributed by atoms with Crippen LogP contribution in [-0.2, 0) is 4.79 Å². The molecule has 0 atom stereocenters. The lowest BCUT2D eigenvalue weighted by Gasteiger charge is -2.08. The van der Waals surface area contributed by atoms with Gasteiger partial charge in [0.1, 0.15) is 5.75 Å². The minimum Gasteiger partial charge on any atom is -0.494 e. The number of hydrogen-bond acceptors (Lipinski definition) is 3. The van der Waals surface area contributed by atoms with Crippen LogP contribution in [0.2, 0.25) is 0 Å². The second-order valence-corrected chi connectivity index (χ2v) is 3.81. The van der Waals surface area contributed by atoms with E-state index < -0.39 is 0 Å². The van der Waals surface area contributed by atoms with E-state index >= 15 is 0 Å². The maximum Gasteiger partial charge on any atom is 0.238 e. The molecule has 0 heterocycles. The maximum absolute atomic E-state index is 11.4. The third-order valence-electron chi connectivity index (χ3n) is 2.22. The van der Waals surface area contributed by atoms with Gasteiger partial charge in [-0.2, -0.15) is 0 Å². The van der Waals surface area contributed by atoms with Crippen molar-refractivity contribution in [3.05, 3.63) is 24.3 Å². The SMILES string of the molecule is CCCCOc1cccc(NC(=O)CNC)c1.Cl. The number of halogens is 1. The number of nitrogens with one attached hydrogen (secondary N) is 2. The number of ether oxygens (including phenoxy) is 1. The van der Waals surface area contributed by atoms with Gasteiger partial charge in [-0.05, 0) is 25.6 Å². The van der Waals surface area contributed by atoms with E-state index in [1.54, 1.807) is 7.05 Å². The highest BCUT2D eigenvalue weighted by Gasteiger charge is 2.01. The van der Waals surface area contributed by atoms with E-state index in [0.717, 1.165) is 24.3 Å². The van der Waals surface area contributed by atoms with Crippen LogP contribution in [0.4, 0.5) is 5.69 Å². The molecule has 1 aromatic carbocycles. The van der Waals surface area contributed by atoms with E-state index in [1.807, 2.05) is 24.3 Å². The molecule has 102 valence electrons. The topological polar surface area (TPSA) is 50.4 Å². The van der Waals surface area contributed by atoms with Gasteiger partial charge in [0.05, 0.1) is 13.2 Å². The lowest BCUT2D eigenvalue weighted by atomic mass is 10.3. The molecule has 4 nitrogen and oxygen atoms in total. The van der Waals surface area contributed by atoms with Crippen LogP contribution in [0.3, 0.4) is 0 Å². The zero-order chi connectivity index (χ0) is 12.5. The van der Waals surface area contributed by atoms with Crippen LogP contribution < -0.4 is 15.4 Å². The largest absolute Gasteiger partial charge is 0.494 e. The molecular weight excluding hydrogens is 252 g/mol. The Morgan fingerprint density at radius 1 is 1.39 bits per heavy atom. The Labute approximate surface area is 115 Å². The molecule has 0 saturated carbocycles. The normalized spacial score (nSPS) is 9.44. The van der Waals surface area contributed by atoms with Crippen LogP contribution in [0, 0.1) is 0 Å². The Hall–Kier alpha value is -1.26. The summed E-state index contributed by atoms with van der Waals surface area (Å²) in [5.41, 5.74) is 0.763. The molecule has 0 radical (unpaired) electrons. The molecule has 0 spiro atoms. The molecule has 0 aliphatic heterocycles. The number of carbonyl (C=O) groups excluding carboxylic acids is 1. The van der Waals surface area contributed by atoms with Gasteiger partial charge < -0.3 is 15.4 Å². The maximum atomic E-state index is 11.4. The van der Waals surface area contributed by atoms with Crippen LogP contribution in [-0.4, -0.2) is 26.1 Å². The summed E-state index contributed by atoms with van der Waals surface area (Å²) in [4.78, 5) is 11.4. The van der Waals surface area contributed by atoms with Gasteiger partial charge in [0.2, 0.25) is 5.91 Å². The highest BCUT2D eigenvalue weighted by Crippen LogP contribution is 2.17. The summed E-state index contributed by atoms with van der Waals surface area (Å²) in [6.07, 6.45) is 2.15. The van der Waals surface area contributed by atoms with Gasteiger partial charge in [0, 0.05) is 11.8 Å². The van der Waals surface area contributed by atoms with Gasteiger partial charge in [-0.25, -0.2) is 0 Å². The Morgan fingerprint density at radius 3 is 2.83 bits per heavy atom. The fourth-order valence-electron chi connectivity index (χ4n) is 1.36. The number of benzene rings is 1. The fourth-order valence-corrected chi connectivity index (χ4v) is 1.36. The minimum absolute atomic E-state index is 0. The van der Waals surface area contributed by atoms with Gasteiger partial charge in [-0.15, -0.1) is 12.4 Å². The van der Waals surface area contributed by atoms with Crippen LogP contribution in [0.15, 0.2) is 24.3 Å². The van der Waals surface area contributed by atoms with E-state index in [2.05, 4.69) is 17.6 Å². The second kappa shape index (κ2) is 9.74. The summed E-state index contributed by atoms with van der Waals surface area (Å²) in [7, 11) is 1.74. The Kier molecular flexibility index (Phi) is 9.06. The number of unbranched alkanes of at least 4 members (excludes halogenated alkanes) is 1. The number of carbonyl (C=O) groups is 1. The molecule has 0 aliphatic rings. The Morgan fingerprint density at radius 2 is 2.17 bits per heavy atom. The summed E-state index contributed by atoms with van der Waals surface area (Å²) in [6, 6.07) is 7.45. The van der Waals surface area contributed by atoms with Crippen molar-refractivity contribution in [2.24, 2.45) is 0 Å². The van der Waals surface area contributed by atoms with Crippen molar-refractivity contribution in [2.75, 3.05) is 25.5 Å². The summed E-state index contributed by atoms with van der Waals surface area (Å²) in [5.74, 6) is 0.735. The van der Waals surface area contributed by atoms with Crippen molar-refractivity contribution in [1.29, 1.82) is 0 Å². The van der Waals surface area contributed by atoms with Crippen LogP contribution in [0.1, 0.15) is 19.8 Å². The summed E-state index contributed by atoms with van der Waals surface area (Å²) < 4.78 is 5.56. The average molecular weight is 273 g/mol. The molecule has 0 fully saturated rings. The molecule has 0 unspecified atom stereocenters. The predicted molar refractivity (Wildman–Crippen MR) is 76.6 cm³/mol. The third kappa shape index (κ3) is 6.47. The average Bonchev–Trinajstić information content (AvgIpc) is 2.30. The first-order chi connectivity index (χ1) is 8.26. The lowest BCUT2D eigenvalue weighted by Crippen LogP contribution is -2.24. The Bertz CT molecular complexity index is 359. The zero-order valence-electron chi connectivity index (χ0n) is 10.9. The number of amides is 1. The van der Waals surface area contributed by atoms with Gasteiger partial charge in [0.15, 0.2) is 0 Å². The van der Waals surface area contributed by atoms with E-state index in [-0.39, 0.29) is 18.3 Å². The number of rotatable bonds is 7. The molecule has 1 rings (SSSR count). The number of likely N-dealkylation sites (N-methyl/N-ethyl adjacent to an activating group) is 1. The molecule has 0 aromatic heterocycles. The molecule has 1 amide bonds. The van der Waals surface area contributed by atoms with E-state index in [0.29, 0.717) is 13.2 Å². The summed E-state index contributed by atoms with van der Waals surface area (Å²) in [6.45, 7) is 3.14. The summed E-state index contributed by atoms with van der Waals surface area (Å²) >= 11 is 0. The molecule has 2 N–H and O–H groups in total. The van der Waals surface area contributed by atoms with Crippen molar-refractivity contribution >= 4 is 24.0 Å². The highest BCUT2D eigenvalue weighted by atomic mass is 35.5. The fraction of sp³-hybridized carbons (Fsp3) is 0.462. The van der Waals surface area contributed by atoms with Crippen LogP contribution in [0.5, 0.6) is 5.75 Å². The van der Waals surface area contributed by atoms with Crippen molar-refractivity contribution in [3.63, 3.8) is 0 Å². The van der Waals surface area contributed by atoms with Crippen molar-refractivity contribution in [2.45, 2.75) is 19.8 Å². The third-order valence-corrected chi connectivity index (χ3v) is 2.22. The first kappa shape index (κ1) is 16.7. The van der Waals surface area contributed by atoms with Crippen molar-refractivity contribution in [3.8, 4) is 5.75 Å². The van der Waals surface area contributed by atoms with Crippen LogP contribution in [0.25, 0.3) is 0 Å². The van der Waals surface area contributed by atoms with Gasteiger partial charge in [-0.3, -0.25) is 4.79 Å². The molecular formula is C13H21ClN2O2. The Balaban J connectivity index is 0.00000289. The quantitative estimate of drug-likeness (QED) is 0.750. The van der Waals surface area contributed by atoms with Gasteiger partial charge in [0.25, 0.3) is 0 Å². The van der Waals surface area contributed by atoms with E-state index in [1.165, 1.54) is 0 Å². The second-order valence-electron chi connectivity index (χ2n) is 3.81. The first-order valence-electron chi connectivity index (χ1n) is 5.93. The zero-order valence-corrected chi connectivity index (χ0v) is 11.7. The lowest BCUT2D eigenvalue weighted by molar-refractivity contribution is -0.115. The van der Waals surface area contributed by atoms with Crippen LogP contribution >= 0.6 is 12.4 Å². The number of anilines is 1. The monoisotopic (exact) mass is 272 g/mol. The van der Waals surface area contributed by atoms with Gasteiger partial charge in [-0.1, -0.05) is 19.4 Å². The first-order valence-corrected chi connectivity index (χ1v) is 5.93. The molecule has 0 bridgehead atoms. The molecule has 0 aliphatic carbocycles. The van der Waals surface area contributed by atoms with Crippen molar-refractivity contribution < 1.29 is 9.53 Å². The predicted octanol–water partition coefficient (Wildman–Crippen LogP) is 2.45. The smallest absolute Gasteiger partial charge is 0.238 e. The summed E-state index contributed by atoms with van der Waals surface area (Å²) in [5, 5.41) is 5.59. The van der Waals surface area contributed by atoms with Gasteiger partial charge >= 0.3 is 0 Å². The minimum atomic E-state index is -0.0572. The van der Waals surface area contributed by atoms with E-state index in [9.17, 15) is 4.79 Å². The standard InChI is InChI=1S/C13H20N2O2.ClH/c1-3-4-8-17-12-7-5-6-11(9-12)15-13(16)10-14-2;/h5-7,9,14H,3-4,8,10H2,1-2H3,(H,15,16);1H. The molecule has 5 heteroatoms. The highest BCUT2D eigenvalue weighted by molar-refractivity contribution is 5.92. The molecule has 18 heavy (non-hydrogen) atoms. The number of hydrogen-bond donors (Lipinski definition) is 2. The van der Waals surface area contributed by atoms with Crippen molar-refractivity contribution in [1.82, 2.24) is 5.32 Å². The molecule has 0 saturated heterocycles.